The second-order valence-corrected chi connectivity index (χ2v) is 9.39. The lowest BCUT2D eigenvalue weighted by Crippen LogP contribution is -2.41. The molecule has 0 aromatic heterocycles. The van der Waals surface area contributed by atoms with E-state index in [0.29, 0.717) is 43.1 Å². The van der Waals surface area contributed by atoms with Crippen molar-refractivity contribution in [3.63, 3.8) is 0 Å². The van der Waals surface area contributed by atoms with Gasteiger partial charge in [-0.1, -0.05) is 78.9 Å². The Bertz CT molecular complexity index is 1250. The number of nitrogen functional groups attached to an aromatic ring is 1. The van der Waals surface area contributed by atoms with Crippen LogP contribution in [-0.4, -0.2) is 41.4 Å². The number of ether oxygens (including phenoxy) is 2. The third-order valence-electron chi connectivity index (χ3n) is 6.65. The van der Waals surface area contributed by atoms with E-state index in [0.717, 1.165) is 22.4 Å². The number of methoxy groups -OCH3 is 1. The molecule has 198 valence electrons. The van der Waals surface area contributed by atoms with Crippen molar-refractivity contribution in [3.8, 4) is 11.5 Å². The van der Waals surface area contributed by atoms with Gasteiger partial charge in [0.15, 0.2) is 0 Å². The van der Waals surface area contributed by atoms with E-state index >= 15 is 0 Å². The number of nitrogens with two attached hydrogens (primary N) is 1. The Morgan fingerprint density at radius 2 is 1.47 bits per heavy atom. The summed E-state index contributed by atoms with van der Waals surface area (Å²) >= 11 is 0. The van der Waals surface area contributed by atoms with Crippen LogP contribution in [0.2, 0.25) is 0 Å². The zero-order chi connectivity index (χ0) is 26.7. The van der Waals surface area contributed by atoms with E-state index in [1.807, 2.05) is 78.9 Å². The standard InChI is InChI=1S/C32H36N2O4/c1-37-29-15-12-24(13-16-29)18-28(22-35)34(20-25-8-4-2-5-9-25)21-31(36)27-14-17-32(30(33)19-27)38-23-26-10-6-3-7-11-26/h2-17,19,28,31,35-36H,18,20-23,33H2,1H3/t28-,31-/m0/s1. The first-order valence-corrected chi connectivity index (χ1v) is 12.8. The smallest absolute Gasteiger partial charge is 0.142 e. The minimum Gasteiger partial charge on any atom is -0.497 e. The molecule has 0 radical (unpaired) electrons. The van der Waals surface area contributed by atoms with Gasteiger partial charge in [0.25, 0.3) is 0 Å². The van der Waals surface area contributed by atoms with Gasteiger partial charge in [-0.25, -0.2) is 0 Å². The Balaban J connectivity index is 1.48. The molecule has 0 bridgehead atoms. The third-order valence-corrected chi connectivity index (χ3v) is 6.65. The zero-order valence-corrected chi connectivity index (χ0v) is 21.7. The molecule has 38 heavy (non-hydrogen) atoms. The number of hydrogen-bond donors (Lipinski definition) is 3. The summed E-state index contributed by atoms with van der Waals surface area (Å²) in [5, 5.41) is 21.6. The predicted molar refractivity (Wildman–Crippen MR) is 151 cm³/mol. The largest absolute Gasteiger partial charge is 0.497 e. The van der Waals surface area contributed by atoms with Crippen LogP contribution < -0.4 is 15.2 Å². The first-order valence-electron chi connectivity index (χ1n) is 12.8. The molecular formula is C32H36N2O4. The van der Waals surface area contributed by atoms with Crippen molar-refractivity contribution in [2.45, 2.75) is 31.7 Å². The number of rotatable bonds is 13. The molecule has 4 rings (SSSR count). The number of aliphatic hydroxyl groups is 2. The molecule has 0 fully saturated rings. The number of hydrogen-bond acceptors (Lipinski definition) is 6. The summed E-state index contributed by atoms with van der Waals surface area (Å²) in [7, 11) is 1.64. The lowest BCUT2D eigenvalue weighted by atomic mass is 10.0. The molecule has 4 N–H and O–H groups in total. The maximum atomic E-state index is 11.2. The van der Waals surface area contributed by atoms with Crippen molar-refractivity contribution >= 4 is 5.69 Å². The summed E-state index contributed by atoms with van der Waals surface area (Å²) in [4.78, 5) is 2.13. The molecule has 0 unspecified atom stereocenters. The van der Waals surface area contributed by atoms with Crippen molar-refractivity contribution < 1.29 is 19.7 Å². The number of benzene rings is 4. The molecule has 0 spiro atoms. The van der Waals surface area contributed by atoms with Crippen molar-refractivity contribution in [3.05, 3.63) is 125 Å². The fourth-order valence-corrected chi connectivity index (χ4v) is 4.47. The molecule has 0 aliphatic carbocycles. The molecule has 0 aliphatic heterocycles. The number of aliphatic hydroxyl groups excluding tert-OH is 2. The van der Waals surface area contributed by atoms with E-state index in [4.69, 9.17) is 15.2 Å². The molecule has 2 atom stereocenters. The van der Waals surface area contributed by atoms with Gasteiger partial charge in [0, 0.05) is 19.1 Å². The summed E-state index contributed by atoms with van der Waals surface area (Å²) < 4.78 is 11.2. The molecule has 0 aliphatic rings. The van der Waals surface area contributed by atoms with Crippen LogP contribution >= 0.6 is 0 Å². The van der Waals surface area contributed by atoms with Crippen molar-refractivity contribution in [1.29, 1.82) is 0 Å². The van der Waals surface area contributed by atoms with Gasteiger partial charge in [0.05, 0.1) is 25.5 Å². The molecular weight excluding hydrogens is 476 g/mol. The molecule has 6 heteroatoms. The molecule has 0 saturated carbocycles. The maximum Gasteiger partial charge on any atom is 0.142 e. The van der Waals surface area contributed by atoms with Crippen molar-refractivity contribution in [2.24, 2.45) is 0 Å². The molecule has 4 aromatic carbocycles. The van der Waals surface area contributed by atoms with Gasteiger partial charge in [-0.05, 0) is 52.9 Å². The van der Waals surface area contributed by atoms with Crippen LogP contribution in [0.25, 0.3) is 0 Å². The summed E-state index contributed by atoms with van der Waals surface area (Å²) in [6, 6.07) is 33.1. The second kappa shape index (κ2) is 13.6. The molecule has 0 saturated heterocycles. The van der Waals surface area contributed by atoms with Crippen molar-refractivity contribution in [2.75, 3.05) is 26.0 Å². The fourth-order valence-electron chi connectivity index (χ4n) is 4.47. The summed E-state index contributed by atoms with van der Waals surface area (Å²) in [6.07, 6.45) is -0.164. The Morgan fingerprint density at radius 3 is 2.08 bits per heavy atom. The van der Waals surface area contributed by atoms with Crippen LogP contribution in [0.15, 0.2) is 103 Å². The van der Waals surface area contributed by atoms with Crippen LogP contribution in [-0.2, 0) is 19.6 Å². The van der Waals surface area contributed by atoms with Crippen LogP contribution in [0.4, 0.5) is 5.69 Å². The van der Waals surface area contributed by atoms with Crippen LogP contribution in [0.5, 0.6) is 11.5 Å². The monoisotopic (exact) mass is 512 g/mol. The van der Waals surface area contributed by atoms with Gasteiger partial charge >= 0.3 is 0 Å². The highest BCUT2D eigenvalue weighted by Crippen LogP contribution is 2.28. The summed E-state index contributed by atoms with van der Waals surface area (Å²) in [5.41, 5.74) is 10.7. The SMILES string of the molecule is COc1ccc(C[C@@H](CO)N(Cc2ccccc2)C[C@H](O)c2ccc(OCc3ccccc3)c(N)c2)cc1. The van der Waals surface area contributed by atoms with Crippen molar-refractivity contribution in [1.82, 2.24) is 4.90 Å². The molecule has 6 nitrogen and oxygen atoms in total. The Hall–Kier alpha value is -3.84. The van der Waals surface area contributed by atoms with Gasteiger partial charge in [-0.15, -0.1) is 0 Å². The van der Waals surface area contributed by atoms with Crippen LogP contribution in [0.1, 0.15) is 28.4 Å². The highest BCUT2D eigenvalue weighted by Gasteiger charge is 2.23. The second-order valence-electron chi connectivity index (χ2n) is 9.39. The van der Waals surface area contributed by atoms with Gasteiger partial charge < -0.3 is 25.4 Å². The van der Waals surface area contributed by atoms with E-state index in [1.165, 1.54) is 0 Å². The molecule has 0 heterocycles. The van der Waals surface area contributed by atoms with E-state index in [2.05, 4.69) is 17.0 Å². The minimum atomic E-state index is -0.797. The topological polar surface area (TPSA) is 88.2 Å². The van der Waals surface area contributed by atoms with Gasteiger partial charge in [-0.3, -0.25) is 4.90 Å². The fraction of sp³-hybridized carbons (Fsp3) is 0.250. The van der Waals surface area contributed by atoms with E-state index in [1.54, 1.807) is 19.2 Å². The Labute approximate surface area is 224 Å². The molecule has 0 amide bonds. The lowest BCUT2D eigenvalue weighted by molar-refractivity contribution is 0.0566. The zero-order valence-electron chi connectivity index (χ0n) is 21.7. The van der Waals surface area contributed by atoms with Gasteiger partial charge in [0.2, 0.25) is 0 Å². The third kappa shape index (κ3) is 7.59. The van der Waals surface area contributed by atoms with Crippen LogP contribution in [0, 0.1) is 0 Å². The Kier molecular flexibility index (Phi) is 9.76. The quantitative estimate of drug-likeness (QED) is 0.219. The average molecular weight is 513 g/mol. The van der Waals surface area contributed by atoms with Crippen LogP contribution in [0.3, 0.4) is 0 Å². The highest BCUT2D eigenvalue weighted by atomic mass is 16.5. The number of nitrogens with zero attached hydrogens (tertiary/aromatic N) is 1. The van der Waals surface area contributed by atoms with E-state index in [-0.39, 0.29) is 12.6 Å². The van der Waals surface area contributed by atoms with Gasteiger partial charge in [0.1, 0.15) is 18.1 Å². The first kappa shape index (κ1) is 27.2. The van der Waals surface area contributed by atoms with E-state index < -0.39 is 6.10 Å². The first-order chi connectivity index (χ1) is 18.6. The van der Waals surface area contributed by atoms with Gasteiger partial charge in [-0.2, -0.15) is 0 Å². The molecule has 4 aromatic rings. The van der Waals surface area contributed by atoms with E-state index in [9.17, 15) is 10.2 Å². The Morgan fingerprint density at radius 1 is 0.816 bits per heavy atom. The minimum absolute atomic E-state index is 0.0417. The lowest BCUT2D eigenvalue weighted by Gasteiger charge is -2.32. The summed E-state index contributed by atoms with van der Waals surface area (Å²) in [6.45, 7) is 1.30. The highest BCUT2D eigenvalue weighted by molar-refractivity contribution is 5.54. The normalized spacial score (nSPS) is 12.7. The number of anilines is 1. The predicted octanol–water partition coefficient (Wildman–Crippen LogP) is 5.00. The maximum absolute atomic E-state index is 11.2. The summed E-state index contributed by atoms with van der Waals surface area (Å²) in [5.74, 6) is 1.37. The average Bonchev–Trinajstić information content (AvgIpc) is 2.96.